The van der Waals surface area contributed by atoms with Crippen molar-refractivity contribution in [2.24, 2.45) is 11.1 Å². The van der Waals surface area contributed by atoms with Crippen LogP contribution in [-0.4, -0.2) is 13.0 Å². The maximum Gasteiger partial charge on any atom is 0.234 e. The smallest absolute Gasteiger partial charge is 0.234 e. The second-order valence-electron chi connectivity index (χ2n) is 8.00. The predicted octanol–water partition coefficient (Wildman–Crippen LogP) is 4.32. The van der Waals surface area contributed by atoms with Crippen LogP contribution in [0.5, 0.6) is 5.75 Å². The highest BCUT2D eigenvalue weighted by Gasteiger charge is 2.55. The molecule has 0 aromatic heterocycles. The lowest BCUT2D eigenvalue weighted by atomic mass is 9.73. The first-order chi connectivity index (χ1) is 12.9. The summed E-state index contributed by atoms with van der Waals surface area (Å²) in [6, 6.07) is 14.2. The van der Waals surface area contributed by atoms with Crippen molar-refractivity contribution in [2.45, 2.75) is 51.7 Å². The Kier molecular flexibility index (Phi) is 4.08. The number of benzene rings is 2. The lowest BCUT2D eigenvalue weighted by Crippen LogP contribution is -2.54. The molecule has 0 bridgehead atoms. The molecule has 4 rings (SSSR count). The van der Waals surface area contributed by atoms with Gasteiger partial charge in [-0.05, 0) is 55.5 Å². The fraction of sp³-hybridized carbons (Fsp3) is 0.435. The van der Waals surface area contributed by atoms with Crippen molar-refractivity contribution in [3.05, 3.63) is 59.2 Å². The average Bonchev–Trinajstić information content (AvgIpc) is 3.06. The maximum atomic E-state index is 12.3. The average molecular weight is 364 g/mol. The van der Waals surface area contributed by atoms with Gasteiger partial charge in [0.1, 0.15) is 5.75 Å². The molecule has 4 nitrogen and oxygen atoms in total. The zero-order valence-electron chi connectivity index (χ0n) is 16.6. The van der Waals surface area contributed by atoms with Crippen LogP contribution in [0.25, 0.3) is 0 Å². The number of nitrogens with two attached hydrogens (primary N) is 1. The monoisotopic (exact) mass is 364 g/mol. The van der Waals surface area contributed by atoms with E-state index in [1.54, 1.807) is 4.90 Å². The van der Waals surface area contributed by atoms with Crippen molar-refractivity contribution >= 4 is 11.6 Å². The molecule has 2 atom stereocenters. The SMILES string of the molecule is CCC1(CC)Cc2ccccc2C1(N)Oc1ccc2c(c1)C(C)C(=O)N2C. The lowest BCUT2D eigenvalue weighted by Gasteiger charge is -2.43. The van der Waals surface area contributed by atoms with Gasteiger partial charge in [-0.25, -0.2) is 0 Å². The quantitative estimate of drug-likeness (QED) is 0.822. The lowest BCUT2D eigenvalue weighted by molar-refractivity contribution is -0.118. The number of hydrogen-bond donors (Lipinski definition) is 1. The van der Waals surface area contributed by atoms with Gasteiger partial charge in [-0.1, -0.05) is 38.1 Å². The normalized spacial score (nSPS) is 25.4. The highest BCUT2D eigenvalue weighted by molar-refractivity contribution is 6.04. The minimum atomic E-state index is -0.876. The Morgan fingerprint density at radius 3 is 2.59 bits per heavy atom. The van der Waals surface area contributed by atoms with Crippen molar-refractivity contribution in [3.63, 3.8) is 0 Å². The Labute approximate surface area is 161 Å². The summed E-state index contributed by atoms with van der Waals surface area (Å²) in [6.07, 6.45) is 2.81. The van der Waals surface area contributed by atoms with E-state index in [1.807, 2.05) is 38.2 Å². The molecule has 0 saturated carbocycles. The van der Waals surface area contributed by atoms with E-state index in [4.69, 9.17) is 10.5 Å². The van der Waals surface area contributed by atoms with Gasteiger partial charge in [0.05, 0.1) is 5.92 Å². The molecule has 1 amide bonds. The van der Waals surface area contributed by atoms with Gasteiger partial charge < -0.3 is 9.64 Å². The third-order valence-corrected chi connectivity index (χ3v) is 6.89. The summed E-state index contributed by atoms with van der Waals surface area (Å²) in [5.74, 6) is 0.696. The van der Waals surface area contributed by atoms with Gasteiger partial charge in [-0.15, -0.1) is 0 Å². The summed E-state index contributed by atoms with van der Waals surface area (Å²) in [4.78, 5) is 14.0. The summed E-state index contributed by atoms with van der Waals surface area (Å²) in [6.45, 7) is 6.33. The summed E-state index contributed by atoms with van der Waals surface area (Å²) < 4.78 is 6.58. The Morgan fingerprint density at radius 2 is 1.89 bits per heavy atom. The van der Waals surface area contributed by atoms with Crippen LogP contribution in [0.4, 0.5) is 5.69 Å². The molecule has 2 N–H and O–H groups in total. The second-order valence-corrected chi connectivity index (χ2v) is 8.00. The van der Waals surface area contributed by atoms with E-state index >= 15 is 0 Å². The number of hydrogen-bond acceptors (Lipinski definition) is 3. The Bertz CT molecular complexity index is 903. The number of nitrogens with zero attached hydrogens (tertiary/aromatic N) is 1. The zero-order valence-corrected chi connectivity index (χ0v) is 16.6. The van der Waals surface area contributed by atoms with E-state index < -0.39 is 5.72 Å². The predicted molar refractivity (Wildman–Crippen MR) is 108 cm³/mol. The van der Waals surface area contributed by atoms with Gasteiger partial charge in [0.25, 0.3) is 0 Å². The minimum absolute atomic E-state index is 0.118. The third-order valence-electron chi connectivity index (χ3n) is 6.89. The fourth-order valence-electron chi connectivity index (χ4n) is 4.98. The van der Waals surface area contributed by atoms with Crippen LogP contribution in [0.2, 0.25) is 0 Å². The highest BCUT2D eigenvalue weighted by atomic mass is 16.5. The summed E-state index contributed by atoms with van der Waals surface area (Å²) in [5.41, 5.74) is 10.3. The third kappa shape index (κ3) is 2.36. The zero-order chi connectivity index (χ0) is 19.4. The van der Waals surface area contributed by atoms with E-state index in [1.165, 1.54) is 5.56 Å². The van der Waals surface area contributed by atoms with Crippen molar-refractivity contribution in [2.75, 3.05) is 11.9 Å². The molecule has 2 aliphatic rings. The molecular formula is C23H28N2O2. The molecule has 142 valence electrons. The number of ether oxygens (including phenoxy) is 1. The number of anilines is 1. The number of carbonyl (C=O) groups is 1. The van der Waals surface area contributed by atoms with E-state index in [-0.39, 0.29) is 17.2 Å². The molecule has 1 heterocycles. The van der Waals surface area contributed by atoms with Gasteiger partial charge in [0.2, 0.25) is 5.91 Å². The van der Waals surface area contributed by atoms with Crippen LogP contribution in [0, 0.1) is 5.41 Å². The van der Waals surface area contributed by atoms with Gasteiger partial charge in [-0.2, -0.15) is 0 Å². The molecule has 4 heteroatoms. The molecule has 0 radical (unpaired) electrons. The van der Waals surface area contributed by atoms with Crippen LogP contribution in [0.3, 0.4) is 0 Å². The molecule has 1 aliphatic heterocycles. The molecule has 0 fully saturated rings. The number of carbonyl (C=O) groups excluding carboxylic acids is 1. The molecule has 0 saturated heterocycles. The van der Waals surface area contributed by atoms with E-state index in [2.05, 4.69) is 32.0 Å². The number of fused-ring (bicyclic) bond motifs is 2. The van der Waals surface area contributed by atoms with Crippen molar-refractivity contribution in [3.8, 4) is 5.75 Å². The maximum absolute atomic E-state index is 12.3. The van der Waals surface area contributed by atoms with Crippen LogP contribution >= 0.6 is 0 Å². The minimum Gasteiger partial charge on any atom is -0.468 e. The van der Waals surface area contributed by atoms with Crippen LogP contribution in [-0.2, 0) is 16.9 Å². The summed E-state index contributed by atoms with van der Waals surface area (Å²) in [5, 5.41) is 0. The molecule has 2 aromatic carbocycles. The molecule has 0 spiro atoms. The van der Waals surface area contributed by atoms with Gasteiger partial charge in [0.15, 0.2) is 5.72 Å². The standard InChI is InChI=1S/C23H28N2O2/c1-5-22(6-2)14-16-9-7-8-10-19(16)23(22,24)27-17-11-12-20-18(13-17)15(3)21(26)25(20)4/h7-13,15H,5-6,14,24H2,1-4H3. The Morgan fingerprint density at radius 1 is 1.19 bits per heavy atom. The Hall–Kier alpha value is -2.33. The molecular weight excluding hydrogens is 336 g/mol. The largest absolute Gasteiger partial charge is 0.468 e. The topological polar surface area (TPSA) is 55.6 Å². The van der Waals surface area contributed by atoms with E-state index in [0.29, 0.717) is 0 Å². The van der Waals surface area contributed by atoms with Gasteiger partial charge in [0, 0.05) is 23.7 Å². The highest BCUT2D eigenvalue weighted by Crippen LogP contribution is 2.53. The number of amides is 1. The summed E-state index contributed by atoms with van der Waals surface area (Å²) in [7, 11) is 1.82. The molecule has 1 aliphatic carbocycles. The van der Waals surface area contributed by atoms with Crippen LogP contribution < -0.4 is 15.4 Å². The fourth-order valence-corrected chi connectivity index (χ4v) is 4.98. The van der Waals surface area contributed by atoms with Crippen LogP contribution in [0.15, 0.2) is 42.5 Å². The number of rotatable bonds is 4. The van der Waals surface area contributed by atoms with Crippen molar-refractivity contribution < 1.29 is 9.53 Å². The van der Waals surface area contributed by atoms with Gasteiger partial charge >= 0.3 is 0 Å². The van der Waals surface area contributed by atoms with Crippen molar-refractivity contribution in [1.82, 2.24) is 0 Å². The number of likely N-dealkylation sites (N-methyl/N-ethyl adjacent to an activating group) is 1. The first-order valence-corrected chi connectivity index (χ1v) is 9.84. The van der Waals surface area contributed by atoms with E-state index in [9.17, 15) is 4.79 Å². The molecule has 2 aromatic rings. The summed E-state index contributed by atoms with van der Waals surface area (Å²) >= 11 is 0. The molecule has 2 unspecified atom stereocenters. The first-order valence-electron chi connectivity index (χ1n) is 9.84. The second kappa shape index (κ2) is 6.10. The molecule has 27 heavy (non-hydrogen) atoms. The van der Waals surface area contributed by atoms with E-state index in [0.717, 1.165) is 41.8 Å². The Balaban J connectivity index is 1.78. The van der Waals surface area contributed by atoms with Gasteiger partial charge in [-0.3, -0.25) is 10.5 Å². The first kappa shape index (κ1) is 18.1. The van der Waals surface area contributed by atoms with Crippen LogP contribution in [0.1, 0.15) is 56.2 Å². The van der Waals surface area contributed by atoms with Crippen molar-refractivity contribution in [1.29, 1.82) is 0 Å².